The van der Waals surface area contributed by atoms with Gasteiger partial charge in [-0.3, -0.25) is 9.59 Å². The third-order valence-electron chi connectivity index (χ3n) is 4.90. The number of nitrogens with one attached hydrogen (secondary N) is 1. The Hall–Kier alpha value is -3.61. The Labute approximate surface area is 181 Å². The number of carbonyl (C=O) groups excluding carboxylic acids is 1. The standard InChI is InChI=1S/C24H27N3O4/c1-30-21-12-10-19(17-22(21)31-2)20-11-13-24(29)27(26-20)16-6-9-23(28)25-15-14-18-7-4-3-5-8-18/h3-5,7-8,10-13,17H,6,9,14-16H2,1-2H3,(H,25,28). The highest BCUT2D eigenvalue weighted by Crippen LogP contribution is 2.31. The molecule has 162 valence electrons. The van der Waals surface area contributed by atoms with Crippen molar-refractivity contribution in [1.29, 1.82) is 0 Å². The molecule has 0 aliphatic carbocycles. The third-order valence-corrected chi connectivity index (χ3v) is 4.90. The van der Waals surface area contributed by atoms with Gasteiger partial charge in [-0.2, -0.15) is 5.10 Å². The van der Waals surface area contributed by atoms with Gasteiger partial charge in [-0.25, -0.2) is 4.68 Å². The Kier molecular flexibility index (Phi) is 7.81. The number of aryl methyl sites for hydroxylation is 1. The molecule has 0 radical (unpaired) electrons. The van der Waals surface area contributed by atoms with Gasteiger partial charge in [0, 0.05) is 31.1 Å². The van der Waals surface area contributed by atoms with Crippen molar-refractivity contribution in [2.24, 2.45) is 0 Å². The lowest BCUT2D eigenvalue weighted by molar-refractivity contribution is -0.121. The molecule has 7 nitrogen and oxygen atoms in total. The van der Waals surface area contributed by atoms with Gasteiger partial charge in [-0.15, -0.1) is 0 Å². The van der Waals surface area contributed by atoms with Crippen molar-refractivity contribution in [2.75, 3.05) is 20.8 Å². The van der Waals surface area contributed by atoms with E-state index < -0.39 is 0 Å². The van der Waals surface area contributed by atoms with Crippen LogP contribution in [0.15, 0.2) is 65.5 Å². The number of aromatic nitrogens is 2. The molecular weight excluding hydrogens is 394 g/mol. The normalized spacial score (nSPS) is 10.5. The number of benzene rings is 2. The maximum absolute atomic E-state index is 12.2. The number of carbonyl (C=O) groups is 1. The Bertz CT molecular complexity index is 1060. The summed E-state index contributed by atoms with van der Waals surface area (Å²) in [5.74, 6) is 1.18. The zero-order chi connectivity index (χ0) is 22.1. The molecule has 0 atom stereocenters. The van der Waals surface area contributed by atoms with Gasteiger partial charge in [0.25, 0.3) is 5.56 Å². The summed E-state index contributed by atoms with van der Waals surface area (Å²) >= 11 is 0. The summed E-state index contributed by atoms with van der Waals surface area (Å²) in [6, 6.07) is 18.6. The Morgan fingerprint density at radius 1 is 1.00 bits per heavy atom. The fraction of sp³-hybridized carbons (Fsp3) is 0.292. The van der Waals surface area contributed by atoms with Gasteiger partial charge in [0.2, 0.25) is 5.91 Å². The quantitative estimate of drug-likeness (QED) is 0.544. The van der Waals surface area contributed by atoms with Crippen LogP contribution in [0.2, 0.25) is 0 Å². The van der Waals surface area contributed by atoms with Crippen molar-refractivity contribution in [3.63, 3.8) is 0 Å². The molecule has 7 heteroatoms. The first-order chi connectivity index (χ1) is 15.1. The van der Waals surface area contributed by atoms with Crippen LogP contribution in [0.4, 0.5) is 0 Å². The maximum Gasteiger partial charge on any atom is 0.266 e. The predicted molar refractivity (Wildman–Crippen MR) is 119 cm³/mol. The highest BCUT2D eigenvalue weighted by molar-refractivity contribution is 5.75. The molecule has 0 unspecified atom stereocenters. The average Bonchev–Trinajstić information content (AvgIpc) is 2.80. The molecule has 2 aromatic carbocycles. The van der Waals surface area contributed by atoms with Gasteiger partial charge in [0.15, 0.2) is 11.5 Å². The van der Waals surface area contributed by atoms with E-state index in [0.29, 0.717) is 43.1 Å². The van der Waals surface area contributed by atoms with Crippen molar-refractivity contribution in [3.05, 3.63) is 76.6 Å². The fourth-order valence-corrected chi connectivity index (χ4v) is 3.23. The number of rotatable bonds is 10. The minimum absolute atomic E-state index is 0.0278. The molecule has 0 fully saturated rings. The van der Waals surface area contributed by atoms with Crippen LogP contribution in [-0.2, 0) is 17.8 Å². The minimum atomic E-state index is -0.200. The SMILES string of the molecule is COc1ccc(-c2ccc(=O)n(CCCC(=O)NCCc3ccccc3)n2)cc1OC. The molecule has 1 heterocycles. The molecule has 1 aromatic heterocycles. The predicted octanol–water partition coefficient (Wildman–Crippen LogP) is 3.07. The fourth-order valence-electron chi connectivity index (χ4n) is 3.23. The second kappa shape index (κ2) is 11.0. The van der Waals surface area contributed by atoms with Gasteiger partial charge in [-0.1, -0.05) is 30.3 Å². The van der Waals surface area contributed by atoms with E-state index in [-0.39, 0.29) is 11.5 Å². The third kappa shape index (κ3) is 6.18. The summed E-state index contributed by atoms with van der Waals surface area (Å²) in [6.45, 7) is 0.960. The first kappa shape index (κ1) is 22.1. The molecule has 0 saturated carbocycles. The van der Waals surface area contributed by atoms with E-state index in [2.05, 4.69) is 10.4 Å². The molecule has 1 N–H and O–H groups in total. The molecule has 3 rings (SSSR count). The number of ether oxygens (including phenoxy) is 2. The van der Waals surface area contributed by atoms with Crippen LogP contribution in [0, 0.1) is 0 Å². The average molecular weight is 421 g/mol. The highest BCUT2D eigenvalue weighted by Gasteiger charge is 2.09. The Morgan fingerprint density at radius 3 is 2.52 bits per heavy atom. The van der Waals surface area contributed by atoms with Crippen molar-refractivity contribution >= 4 is 5.91 Å². The van der Waals surface area contributed by atoms with Crippen LogP contribution < -0.4 is 20.3 Å². The van der Waals surface area contributed by atoms with E-state index in [1.165, 1.54) is 16.3 Å². The molecule has 0 bridgehead atoms. The van der Waals surface area contributed by atoms with Crippen LogP contribution >= 0.6 is 0 Å². The monoisotopic (exact) mass is 421 g/mol. The lowest BCUT2D eigenvalue weighted by Gasteiger charge is -2.11. The Balaban J connectivity index is 1.55. The first-order valence-corrected chi connectivity index (χ1v) is 10.2. The number of nitrogens with zero attached hydrogens (tertiary/aromatic N) is 2. The number of hydrogen-bond donors (Lipinski definition) is 1. The van der Waals surface area contributed by atoms with Crippen LogP contribution in [0.5, 0.6) is 11.5 Å². The van der Waals surface area contributed by atoms with E-state index in [1.54, 1.807) is 26.4 Å². The van der Waals surface area contributed by atoms with Crippen LogP contribution in [-0.4, -0.2) is 36.5 Å². The summed E-state index contributed by atoms with van der Waals surface area (Å²) < 4.78 is 12.0. The maximum atomic E-state index is 12.2. The minimum Gasteiger partial charge on any atom is -0.493 e. The number of methoxy groups -OCH3 is 2. The van der Waals surface area contributed by atoms with Gasteiger partial charge in [-0.05, 0) is 42.7 Å². The zero-order valence-corrected chi connectivity index (χ0v) is 17.8. The lowest BCUT2D eigenvalue weighted by atomic mass is 10.1. The van der Waals surface area contributed by atoms with Gasteiger partial charge < -0.3 is 14.8 Å². The second-order valence-electron chi connectivity index (χ2n) is 7.04. The van der Waals surface area contributed by atoms with Crippen molar-refractivity contribution in [3.8, 4) is 22.8 Å². The van der Waals surface area contributed by atoms with E-state index in [4.69, 9.17) is 9.47 Å². The smallest absolute Gasteiger partial charge is 0.266 e. The summed E-state index contributed by atoms with van der Waals surface area (Å²) in [7, 11) is 3.15. The van der Waals surface area contributed by atoms with Crippen molar-refractivity contribution < 1.29 is 14.3 Å². The van der Waals surface area contributed by atoms with E-state index in [0.717, 1.165) is 12.0 Å². The van der Waals surface area contributed by atoms with Crippen molar-refractivity contribution in [1.82, 2.24) is 15.1 Å². The van der Waals surface area contributed by atoms with Gasteiger partial charge in [0.1, 0.15) is 0 Å². The summed E-state index contributed by atoms with van der Waals surface area (Å²) in [5.41, 5.74) is 2.44. The molecule has 31 heavy (non-hydrogen) atoms. The van der Waals surface area contributed by atoms with Gasteiger partial charge >= 0.3 is 0 Å². The topological polar surface area (TPSA) is 82.5 Å². The van der Waals surface area contributed by atoms with E-state index in [1.807, 2.05) is 42.5 Å². The van der Waals surface area contributed by atoms with Crippen LogP contribution in [0.25, 0.3) is 11.3 Å². The Morgan fingerprint density at radius 2 is 1.77 bits per heavy atom. The molecule has 0 spiro atoms. The molecule has 3 aromatic rings. The summed E-state index contributed by atoms with van der Waals surface area (Å²) in [5, 5.41) is 7.37. The van der Waals surface area contributed by atoms with E-state index >= 15 is 0 Å². The molecule has 0 aliphatic heterocycles. The molecule has 0 saturated heterocycles. The zero-order valence-electron chi connectivity index (χ0n) is 17.8. The van der Waals surface area contributed by atoms with Crippen LogP contribution in [0.1, 0.15) is 18.4 Å². The highest BCUT2D eigenvalue weighted by atomic mass is 16.5. The second-order valence-corrected chi connectivity index (χ2v) is 7.04. The summed E-state index contributed by atoms with van der Waals surface area (Å²) in [4.78, 5) is 24.3. The summed E-state index contributed by atoms with van der Waals surface area (Å²) in [6.07, 6.45) is 1.66. The van der Waals surface area contributed by atoms with Crippen LogP contribution in [0.3, 0.4) is 0 Å². The first-order valence-electron chi connectivity index (χ1n) is 10.2. The lowest BCUT2D eigenvalue weighted by Crippen LogP contribution is -2.27. The molecular formula is C24H27N3O4. The van der Waals surface area contributed by atoms with Gasteiger partial charge in [0.05, 0.1) is 19.9 Å². The number of hydrogen-bond acceptors (Lipinski definition) is 5. The molecule has 1 amide bonds. The van der Waals surface area contributed by atoms with Crippen molar-refractivity contribution in [2.45, 2.75) is 25.8 Å². The number of amides is 1. The molecule has 0 aliphatic rings. The largest absolute Gasteiger partial charge is 0.493 e. The van der Waals surface area contributed by atoms with E-state index in [9.17, 15) is 9.59 Å².